The molecule has 1 aliphatic heterocycles. The SMILES string of the molecule is CCCN(Cc1ncc(-c2ccc(C#Cc3ccc(-c4cnc([C@@H]5[C@H]6CC[C@H](C6)N5C(=O)OC(C)(C)C)[nH]4)cc3)cc2)[nH]1)C(=O)[C@@H](NC(=O)OC)C(C)C. The Balaban J connectivity index is 1.08. The molecule has 12 heteroatoms. The number of piperidine rings is 1. The first-order valence-electron chi connectivity index (χ1n) is 18.8. The summed E-state index contributed by atoms with van der Waals surface area (Å²) in [5.41, 5.74) is 4.88. The van der Waals surface area contributed by atoms with Crippen LogP contribution in [-0.4, -0.2) is 79.2 Å². The highest BCUT2D eigenvalue weighted by Gasteiger charge is 2.51. The summed E-state index contributed by atoms with van der Waals surface area (Å²) in [5.74, 6) is 8.06. The van der Waals surface area contributed by atoms with Crippen LogP contribution >= 0.6 is 0 Å². The number of likely N-dealkylation sites (tertiary alicyclic amines) is 1. The number of nitrogens with one attached hydrogen (secondary N) is 3. The number of methoxy groups -OCH3 is 1. The molecule has 2 fully saturated rings. The predicted molar refractivity (Wildman–Crippen MR) is 206 cm³/mol. The van der Waals surface area contributed by atoms with Crippen molar-refractivity contribution in [3.63, 3.8) is 0 Å². The van der Waals surface area contributed by atoms with Gasteiger partial charge < -0.3 is 29.7 Å². The molecule has 2 aliphatic rings. The molecule has 0 radical (unpaired) electrons. The van der Waals surface area contributed by atoms with Gasteiger partial charge in [0.2, 0.25) is 5.91 Å². The average Bonchev–Trinajstić information content (AvgIpc) is 3.97. The molecule has 2 aromatic heterocycles. The van der Waals surface area contributed by atoms with Crippen LogP contribution in [0.15, 0.2) is 60.9 Å². The van der Waals surface area contributed by atoms with Crippen molar-refractivity contribution in [2.45, 2.75) is 97.5 Å². The van der Waals surface area contributed by atoms with Gasteiger partial charge in [-0.25, -0.2) is 19.6 Å². The van der Waals surface area contributed by atoms with E-state index in [0.717, 1.165) is 65.1 Å². The molecule has 0 unspecified atom stereocenters. The highest BCUT2D eigenvalue weighted by molar-refractivity contribution is 5.86. The third-order valence-electron chi connectivity index (χ3n) is 9.97. The number of alkyl carbamates (subject to hydrolysis) is 1. The van der Waals surface area contributed by atoms with Gasteiger partial charge in [0, 0.05) is 23.7 Å². The van der Waals surface area contributed by atoms with E-state index in [2.05, 4.69) is 32.1 Å². The van der Waals surface area contributed by atoms with Crippen molar-refractivity contribution in [2.24, 2.45) is 11.8 Å². The van der Waals surface area contributed by atoms with Crippen LogP contribution in [0.2, 0.25) is 0 Å². The molecule has 1 saturated carbocycles. The topological polar surface area (TPSA) is 146 Å². The maximum Gasteiger partial charge on any atom is 0.411 e. The quantitative estimate of drug-likeness (QED) is 0.144. The molecule has 4 atom stereocenters. The van der Waals surface area contributed by atoms with Crippen LogP contribution in [0.1, 0.15) is 96.0 Å². The number of rotatable bonds is 10. The zero-order valence-corrected chi connectivity index (χ0v) is 32.2. The fourth-order valence-electron chi connectivity index (χ4n) is 7.37. The number of H-pyrrole nitrogens is 2. The lowest BCUT2D eigenvalue weighted by molar-refractivity contribution is -0.135. The summed E-state index contributed by atoms with van der Waals surface area (Å²) < 4.78 is 10.5. The predicted octanol–water partition coefficient (Wildman–Crippen LogP) is 7.45. The Morgan fingerprint density at radius 3 is 2.13 bits per heavy atom. The molecule has 3 amide bonds. The lowest BCUT2D eigenvalue weighted by Gasteiger charge is -2.35. The van der Waals surface area contributed by atoms with Crippen molar-refractivity contribution < 1.29 is 23.9 Å². The minimum Gasteiger partial charge on any atom is -0.453 e. The number of aromatic amines is 2. The number of amides is 3. The second-order valence-corrected chi connectivity index (χ2v) is 15.5. The summed E-state index contributed by atoms with van der Waals surface area (Å²) in [4.78, 5) is 58.2. The Hall–Kier alpha value is -5.57. The number of hydrogen-bond acceptors (Lipinski definition) is 7. The zero-order valence-electron chi connectivity index (χ0n) is 32.2. The van der Waals surface area contributed by atoms with Gasteiger partial charge in [-0.1, -0.05) is 56.9 Å². The lowest BCUT2D eigenvalue weighted by atomic mass is 9.98. The van der Waals surface area contributed by atoms with Gasteiger partial charge in [0.25, 0.3) is 0 Å². The molecule has 2 bridgehead atoms. The summed E-state index contributed by atoms with van der Waals surface area (Å²) in [7, 11) is 1.28. The number of carbonyl (C=O) groups excluding carboxylic acids is 3. The van der Waals surface area contributed by atoms with E-state index in [9.17, 15) is 14.4 Å². The van der Waals surface area contributed by atoms with Crippen LogP contribution in [0.25, 0.3) is 22.5 Å². The molecule has 1 saturated heterocycles. The highest BCUT2D eigenvalue weighted by atomic mass is 16.6. The van der Waals surface area contributed by atoms with Crippen LogP contribution in [0.4, 0.5) is 9.59 Å². The van der Waals surface area contributed by atoms with Crippen molar-refractivity contribution >= 4 is 18.1 Å². The summed E-state index contributed by atoms with van der Waals surface area (Å²) in [6, 6.07) is 15.4. The van der Waals surface area contributed by atoms with Gasteiger partial charge in [0.15, 0.2) is 0 Å². The van der Waals surface area contributed by atoms with Crippen molar-refractivity contribution in [2.75, 3.05) is 13.7 Å². The molecule has 0 spiro atoms. The molecule has 2 aromatic carbocycles. The smallest absolute Gasteiger partial charge is 0.411 e. The molecule has 6 rings (SSSR count). The zero-order chi connectivity index (χ0) is 38.6. The maximum atomic E-state index is 13.4. The standard InChI is InChI=1S/C42H51N7O5/c1-8-21-48(39(50)36(26(2)3)47-40(51)53-7)25-35-43-23-33(45-35)29-15-11-27(12-16-29)9-10-28-13-17-30(18-14-28)34-24-44-38(46-34)37-31-19-20-32(22-31)49(37)41(52)54-42(4,5)6/h11-18,23-24,26,31-32,36-37H,8,19-22,25H2,1-7H3,(H,43,45)(H,44,46)(H,47,51)/t31-,32+,36-,37-/m0/s1. The molecular formula is C42H51N7O5. The molecule has 4 aromatic rings. The van der Waals surface area contributed by atoms with Crippen LogP contribution in [0, 0.1) is 23.7 Å². The number of carbonyl (C=O) groups is 3. The molecular weight excluding hydrogens is 683 g/mol. The van der Waals surface area contributed by atoms with Gasteiger partial charge in [-0.15, -0.1) is 0 Å². The number of aromatic nitrogens is 4. The third-order valence-corrected chi connectivity index (χ3v) is 9.97. The molecule has 3 N–H and O–H groups in total. The summed E-state index contributed by atoms with van der Waals surface area (Å²) in [6.45, 7) is 12.3. The normalized spacial score (nSPS) is 18.2. The van der Waals surface area contributed by atoms with Crippen molar-refractivity contribution in [1.29, 1.82) is 0 Å². The molecule has 3 heterocycles. The number of fused-ring (bicyclic) bond motifs is 2. The van der Waals surface area contributed by atoms with Gasteiger partial charge in [0.05, 0.1) is 43.5 Å². The van der Waals surface area contributed by atoms with Crippen molar-refractivity contribution in [3.05, 3.63) is 83.7 Å². The fourth-order valence-corrected chi connectivity index (χ4v) is 7.37. The number of imidazole rings is 2. The molecule has 284 valence electrons. The van der Waals surface area contributed by atoms with E-state index < -0.39 is 17.7 Å². The van der Waals surface area contributed by atoms with E-state index >= 15 is 0 Å². The van der Waals surface area contributed by atoms with E-state index in [-0.39, 0.29) is 36.5 Å². The minimum absolute atomic E-state index is 0.105. The Morgan fingerprint density at radius 1 is 0.944 bits per heavy atom. The van der Waals surface area contributed by atoms with E-state index in [1.54, 1.807) is 11.1 Å². The Bertz CT molecular complexity index is 2000. The minimum atomic E-state index is -0.702. The van der Waals surface area contributed by atoms with E-state index in [1.807, 2.05) is 101 Å². The third kappa shape index (κ3) is 8.79. The highest BCUT2D eigenvalue weighted by Crippen LogP contribution is 2.50. The largest absolute Gasteiger partial charge is 0.453 e. The van der Waals surface area contributed by atoms with Crippen molar-refractivity contribution in [3.8, 4) is 34.4 Å². The summed E-state index contributed by atoms with van der Waals surface area (Å²) in [6.07, 6.45) is 6.55. The van der Waals surface area contributed by atoms with Gasteiger partial charge in [-0.05, 0) is 93.7 Å². The van der Waals surface area contributed by atoms with Crippen LogP contribution in [0.5, 0.6) is 0 Å². The molecule has 12 nitrogen and oxygen atoms in total. The van der Waals surface area contributed by atoms with E-state index in [4.69, 9.17) is 14.5 Å². The number of nitrogens with zero attached hydrogens (tertiary/aromatic N) is 4. The number of hydrogen-bond donors (Lipinski definition) is 3. The Kier molecular flexibility index (Phi) is 11.5. The monoisotopic (exact) mass is 733 g/mol. The average molecular weight is 734 g/mol. The summed E-state index contributed by atoms with van der Waals surface area (Å²) in [5, 5.41) is 2.67. The fraction of sp³-hybridized carbons (Fsp3) is 0.452. The molecule has 1 aliphatic carbocycles. The van der Waals surface area contributed by atoms with Crippen LogP contribution in [0.3, 0.4) is 0 Å². The van der Waals surface area contributed by atoms with Gasteiger partial charge >= 0.3 is 12.2 Å². The maximum absolute atomic E-state index is 13.4. The first-order valence-corrected chi connectivity index (χ1v) is 18.8. The Labute approximate surface area is 317 Å². The summed E-state index contributed by atoms with van der Waals surface area (Å²) >= 11 is 0. The second-order valence-electron chi connectivity index (χ2n) is 15.5. The molecule has 54 heavy (non-hydrogen) atoms. The first-order chi connectivity index (χ1) is 25.8. The van der Waals surface area contributed by atoms with Crippen LogP contribution < -0.4 is 5.32 Å². The second kappa shape index (κ2) is 16.2. The van der Waals surface area contributed by atoms with Gasteiger partial charge in [0.1, 0.15) is 23.3 Å². The number of benzene rings is 2. The van der Waals surface area contributed by atoms with Crippen LogP contribution in [-0.2, 0) is 20.8 Å². The van der Waals surface area contributed by atoms with Crippen molar-refractivity contribution in [1.82, 2.24) is 35.1 Å². The lowest BCUT2D eigenvalue weighted by Crippen LogP contribution is -2.51. The number of ether oxygens (including phenoxy) is 2. The van der Waals surface area contributed by atoms with Gasteiger partial charge in [-0.3, -0.25) is 9.69 Å². The first kappa shape index (κ1) is 38.2. The van der Waals surface area contributed by atoms with Gasteiger partial charge in [-0.2, -0.15) is 0 Å². The van der Waals surface area contributed by atoms with E-state index in [0.29, 0.717) is 18.3 Å². The Morgan fingerprint density at radius 2 is 1.56 bits per heavy atom. The van der Waals surface area contributed by atoms with E-state index in [1.165, 1.54) is 7.11 Å².